The van der Waals surface area contributed by atoms with Crippen molar-refractivity contribution >= 4 is 27.9 Å². The van der Waals surface area contributed by atoms with Crippen LogP contribution in [0.15, 0.2) is 76.5 Å². The SMILES string of the molecule is COC(=O)C1=C(C)N(C)C(=O)N[C@H]1c1cn(-c2ccccc2)nc1-c1ccc(Br)cc1. The second kappa shape index (κ2) is 8.39. The second-order valence-electron chi connectivity index (χ2n) is 7.15. The number of rotatable bonds is 4. The molecule has 4 rings (SSSR count). The van der Waals surface area contributed by atoms with Gasteiger partial charge in [-0.1, -0.05) is 46.3 Å². The van der Waals surface area contributed by atoms with Crippen molar-refractivity contribution < 1.29 is 14.3 Å². The molecule has 1 aliphatic heterocycles. The molecule has 2 amide bonds. The number of urea groups is 1. The van der Waals surface area contributed by atoms with Crippen molar-refractivity contribution in [2.45, 2.75) is 13.0 Å². The van der Waals surface area contributed by atoms with E-state index in [0.717, 1.165) is 15.7 Å². The number of aromatic nitrogens is 2. The number of carbonyl (C=O) groups excluding carboxylic acids is 2. The zero-order valence-corrected chi connectivity index (χ0v) is 18.9. The third kappa shape index (κ3) is 3.86. The topological polar surface area (TPSA) is 76.5 Å². The molecule has 31 heavy (non-hydrogen) atoms. The molecule has 2 aromatic carbocycles. The highest BCUT2D eigenvalue weighted by Crippen LogP contribution is 2.36. The third-order valence-corrected chi connectivity index (χ3v) is 5.88. The summed E-state index contributed by atoms with van der Waals surface area (Å²) in [5, 5.41) is 7.74. The molecule has 8 heteroatoms. The van der Waals surface area contributed by atoms with Crippen molar-refractivity contribution in [2.24, 2.45) is 0 Å². The van der Waals surface area contributed by atoms with E-state index in [0.29, 0.717) is 22.5 Å². The highest BCUT2D eigenvalue weighted by Gasteiger charge is 2.37. The fourth-order valence-electron chi connectivity index (χ4n) is 3.59. The number of ether oxygens (including phenoxy) is 1. The third-order valence-electron chi connectivity index (χ3n) is 5.35. The molecule has 0 unspecified atom stereocenters. The number of halogens is 1. The largest absolute Gasteiger partial charge is 0.466 e. The summed E-state index contributed by atoms with van der Waals surface area (Å²) < 4.78 is 7.73. The van der Waals surface area contributed by atoms with Crippen molar-refractivity contribution in [1.29, 1.82) is 0 Å². The Balaban J connectivity index is 1.93. The minimum absolute atomic E-state index is 0.302. The Labute approximate surface area is 188 Å². The Kier molecular flexibility index (Phi) is 5.65. The molecule has 3 aromatic rings. The molecule has 0 fully saturated rings. The molecular formula is C23H21BrN4O3. The maximum atomic E-state index is 12.7. The molecule has 2 heterocycles. The van der Waals surface area contributed by atoms with E-state index >= 15 is 0 Å². The van der Waals surface area contributed by atoms with Crippen LogP contribution in [0.4, 0.5) is 4.79 Å². The summed E-state index contributed by atoms with van der Waals surface area (Å²) in [5.41, 5.74) is 4.01. The van der Waals surface area contributed by atoms with Crippen LogP contribution in [0.2, 0.25) is 0 Å². The molecule has 1 atom stereocenters. The summed E-state index contributed by atoms with van der Waals surface area (Å²) in [6.07, 6.45) is 1.85. The number of methoxy groups -OCH3 is 1. The van der Waals surface area contributed by atoms with Gasteiger partial charge in [0.1, 0.15) is 0 Å². The number of carbonyl (C=O) groups is 2. The van der Waals surface area contributed by atoms with Crippen molar-refractivity contribution in [1.82, 2.24) is 20.0 Å². The van der Waals surface area contributed by atoms with Crippen molar-refractivity contribution in [2.75, 3.05) is 14.2 Å². The summed E-state index contributed by atoms with van der Waals surface area (Å²) >= 11 is 3.46. The molecule has 0 spiro atoms. The molecule has 1 N–H and O–H groups in total. The highest BCUT2D eigenvalue weighted by molar-refractivity contribution is 9.10. The number of hydrogen-bond acceptors (Lipinski definition) is 4. The lowest BCUT2D eigenvalue weighted by atomic mass is 9.93. The number of allylic oxidation sites excluding steroid dienone is 1. The number of nitrogens with one attached hydrogen (secondary N) is 1. The second-order valence-corrected chi connectivity index (χ2v) is 8.07. The number of hydrogen-bond donors (Lipinski definition) is 1. The highest BCUT2D eigenvalue weighted by atomic mass is 79.9. The standard InChI is InChI=1S/C23H21BrN4O3/c1-14-19(22(29)31-3)21(25-23(30)27(14)2)18-13-28(17-7-5-4-6-8-17)26-20(18)15-9-11-16(24)12-10-15/h4-13,21H,1-3H3,(H,25,30)/t21-/m0/s1. The van der Waals surface area contributed by atoms with E-state index in [-0.39, 0.29) is 6.03 Å². The normalized spacial score (nSPS) is 16.3. The van der Waals surface area contributed by atoms with Gasteiger partial charge >= 0.3 is 12.0 Å². The van der Waals surface area contributed by atoms with Crippen LogP contribution in [0.5, 0.6) is 0 Å². The Morgan fingerprint density at radius 1 is 1.13 bits per heavy atom. The van der Waals surface area contributed by atoms with E-state index < -0.39 is 12.0 Å². The van der Waals surface area contributed by atoms with Crippen LogP contribution in [0.3, 0.4) is 0 Å². The molecule has 0 radical (unpaired) electrons. The summed E-state index contributed by atoms with van der Waals surface area (Å²) in [6, 6.07) is 16.4. The predicted molar refractivity (Wildman–Crippen MR) is 120 cm³/mol. The van der Waals surface area contributed by atoms with E-state index in [4.69, 9.17) is 9.84 Å². The first-order valence-electron chi connectivity index (χ1n) is 9.65. The van der Waals surface area contributed by atoms with E-state index in [2.05, 4.69) is 21.2 Å². The maximum absolute atomic E-state index is 12.7. The molecule has 0 saturated carbocycles. The maximum Gasteiger partial charge on any atom is 0.337 e. The first-order chi connectivity index (χ1) is 14.9. The molecule has 1 aromatic heterocycles. The van der Waals surface area contributed by atoms with E-state index in [9.17, 15) is 9.59 Å². The zero-order chi connectivity index (χ0) is 22.1. The molecule has 1 aliphatic rings. The first kappa shape index (κ1) is 20.9. The number of esters is 1. The van der Waals surface area contributed by atoms with Crippen molar-refractivity contribution in [3.8, 4) is 16.9 Å². The van der Waals surface area contributed by atoms with Gasteiger partial charge in [0.2, 0.25) is 0 Å². The minimum Gasteiger partial charge on any atom is -0.466 e. The monoisotopic (exact) mass is 480 g/mol. The van der Waals surface area contributed by atoms with Gasteiger partial charge in [0, 0.05) is 34.5 Å². The van der Waals surface area contributed by atoms with Crippen molar-refractivity contribution in [3.63, 3.8) is 0 Å². The number of nitrogens with zero attached hydrogens (tertiary/aromatic N) is 3. The summed E-state index contributed by atoms with van der Waals surface area (Å²) in [7, 11) is 2.95. The van der Waals surface area contributed by atoms with Crippen LogP contribution < -0.4 is 5.32 Å². The summed E-state index contributed by atoms with van der Waals surface area (Å²) in [5.74, 6) is -0.497. The van der Waals surface area contributed by atoms with Crippen LogP contribution in [0, 0.1) is 0 Å². The first-order valence-corrected chi connectivity index (χ1v) is 10.4. The number of benzene rings is 2. The number of amides is 2. The van der Waals surface area contributed by atoms with Crippen molar-refractivity contribution in [3.05, 3.63) is 82.1 Å². The van der Waals surface area contributed by atoms with E-state index in [1.807, 2.05) is 60.8 Å². The van der Waals surface area contributed by atoms with Crippen LogP contribution >= 0.6 is 15.9 Å². The fraction of sp³-hybridized carbons (Fsp3) is 0.174. The van der Waals surface area contributed by atoms with Gasteiger partial charge in [-0.05, 0) is 31.2 Å². The average Bonchev–Trinajstić information content (AvgIpc) is 3.23. The molecular weight excluding hydrogens is 460 g/mol. The van der Waals surface area contributed by atoms with Gasteiger partial charge in [-0.3, -0.25) is 0 Å². The molecule has 158 valence electrons. The van der Waals surface area contributed by atoms with E-state index in [1.165, 1.54) is 12.0 Å². The van der Waals surface area contributed by atoms with Crippen LogP contribution in [0.1, 0.15) is 18.5 Å². The summed E-state index contributed by atoms with van der Waals surface area (Å²) in [6.45, 7) is 1.74. The van der Waals surface area contributed by atoms with Gasteiger partial charge in [0.15, 0.2) is 0 Å². The molecule has 0 bridgehead atoms. The quantitative estimate of drug-likeness (QED) is 0.559. The van der Waals surface area contributed by atoms with Gasteiger partial charge in [0.25, 0.3) is 0 Å². The lowest BCUT2D eigenvalue weighted by Crippen LogP contribution is -2.46. The minimum atomic E-state index is -0.702. The van der Waals surface area contributed by atoms with Gasteiger partial charge in [0.05, 0.1) is 30.1 Å². The Bertz CT molecular complexity index is 1170. The van der Waals surface area contributed by atoms with Gasteiger partial charge < -0.3 is 15.0 Å². The predicted octanol–water partition coefficient (Wildman–Crippen LogP) is 4.44. The molecule has 7 nitrogen and oxygen atoms in total. The average molecular weight is 481 g/mol. The van der Waals surface area contributed by atoms with Crippen LogP contribution in [-0.4, -0.2) is 40.8 Å². The summed E-state index contributed by atoms with van der Waals surface area (Å²) in [4.78, 5) is 26.7. The smallest absolute Gasteiger partial charge is 0.337 e. The Morgan fingerprint density at radius 2 is 1.81 bits per heavy atom. The Morgan fingerprint density at radius 3 is 2.45 bits per heavy atom. The molecule has 0 saturated heterocycles. The zero-order valence-electron chi connectivity index (χ0n) is 17.3. The van der Waals surface area contributed by atoms with Crippen LogP contribution in [0.25, 0.3) is 16.9 Å². The lowest BCUT2D eigenvalue weighted by Gasteiger charge is -2.32. The van der Waals surface area contributed by atoms with Gasteiger partial charge in [-0.2, -0.15) is 5.10 Å². The van der Waals surface area contributed by atoms with E-state index in [1.54, 1.807) is 18.7 Å². The fourth-order valence-corrected chi connectivity index (χ4v) is 3.85. The number of para-hydroxylation sites is 1. The Hall–Kier alpha value is -3.39. The van der Waals surface area contributed by atoms with Gasteiger partial charge in [-0.25, -0.2) is 14.3 Å². The van der Waals surface area contributed by atoms with Crippen LogP contribution in [-0.2, 0) is 9.53 Å². The lowest BCUT2D eigenvalue weighted by molar-refractivity contribution is -0.136. The molecule has 0 aliphatic carbocycles. The van der Waals surface area contributed by atoms with Gasteiger partial charge in [-0.15, -0.1) is 0 Å².